The first kappa shape index (κ1) is 20.0. The highest BCUT2D eigenvalue weighted by atomic mass is 16.5. The molecule has 2 saturated heterocycles. The molecule has 0 aliphatic carbocycles. The minimum Gasteiger partial charge on any atom is -0.493 e. The van der Waals surface area contributed by atoms with Crippen LogP contribution in [0.4, 0.5) is 0 Å². The highest BCUT2D eigenvalue weighted by Crippen LogP contribution is 2.26. The van der Waals surface area contributed by atoms with Crippen molar-refractivity contribution < 1.29 is 14.3 Å². The Morgan fingerprint density at radius 3 is 2.44 bits per heavy atom. The number of hydrogen-bond acceptors (Lipinski definition) is 4. The molecule has 0 unspecified atom stereocenters. The van der Waals surface area contributed by atoms with Crippen LogP contribution >= 0.6 is 0 Å². The number of hydrogen-bond donors (Lipinski definition) is 0. The fraction of sp³-hybridized carbons (Fsp3) is 0.682. The summed E-state index contributed by atoms with van der Waals surface area (Å²) in [6, 6.07) is 7.85. The van der Waals surface area contributed by atoms with E-state index in [1.54, 1.807) is 7.11 Å². The number of ether oxygens (including phenoxy) is 2. The molecular weight excluding hydrogens is 340 g/mol. The van der Waals surface area contributed by atoms with Crippen LogP contribution in [-0.2, 0) is 4.79 Å². The largest absolute Gasteiger partial charge is 0.493 e. The first-order valence-electron chi connectivity index (χ1n) is 10.6. The number of amides is 1. The molecule has 1 aromatic rings. The maximum absolute atomic E-state index is 12.8. The second-order valence-corrected chi connectivity index (χ2v) is 7.72. The lowest BCUT2D eigenvalue weighted by atomic mass is 9.99. The second-order valence-electron chi connectivity index (χ2n) is 7.72. The van der Waals surface area contributed by atoms with Gasteiger partial charge in [-0.1, -0.05) is 25.0 Å². The van der Waals surface area contributed by atoms with E-state index in [1.165, 1.54) is 45.2 Å². The number of likely N-dealkylation sites (tertiary alicyclic amines) is 2. The summed E-state index contributed by atoms with van der Waals surface area (Å²) in [5.74, 6) is 1.40. The predicted octanol–water partition coefficient (Wildman–Crippen LogP) is 3.72. The quantitative estimate of drug-likeness (QED) is 0.729. The van der Waals surface area contributed by atoms with Gasteiger partial charge in [0, 0.05) is 19.1 Å². The lowest BCUT2D eigenvalue weighted by Crippen LogP contribution is -2.47. The van der Waals surface area contributed by atoms with Crippen molar-refractivity contribution in [3.8, 4) is 11.5 Å². The van der Waals surface area contributed by atoms with Crippen molar-refractivity contribution in [2.75, 3.05) is 39.9 Å². The summed E-state index contributed by atoms with van der Waals surface area (Å²) in [5.41, 5.74) is 0. The third-order valence-electron chi connectivity index (χ3n) is 5.84. The van der Waals surface area contributed by atoms with Gasteiger partial charge in [0.05, 0.1) is 7.11 Å². The van der Waals surface area contributed by atoms with Gasteiger partial charge in [0.1, 0.15) is 0 Å². The van der Waals surface area contributed by atoms with Crippen molar-refractivity contribution in [2.45, 2.75) is 57.4 Å². The van der Waals surface area contributed by atoms with Crippen LogP contribution in [0.1, 0.15) is 51.4 Å². The van der Waals surface area contributed by atoms with Gasteiger partial charge in [-0.3, -0.25) is 4.79 Å². The van der Waals surface area contributed by atoms with Crippen LogP contribution in [0, 0.1) is 0 Å². The molecule has 1 amide bonds. The number of carbonyl (C=O) groups is 1. The van der Waals surface area contributed by atoms with Crippen molar-refractivity contribution in [3.05, 3.63) is 24.3 Å². The van der Waals surface area contributed by atoms with E-state index in [0.717, 1.165) is 32.4 Å². The first-order chi connectivity index (χ1) is 13.3. The van der Waals surface area contributed by atoms with E-state index >= 15 is 0 Å². The topological polar surface area (TPSA) is 42.0 Å². The summed E-state index contributed by atoms with van der Waals surface area (Å²) in [5, 5.41) is 0. The maximum atomic E-state index is 12.8. The Bertz CT molecular complexity index is 585. The Morgan fingerprint density at radius 2 is 1.70 bits per heavy atom. The SMILES string of the molecule is COc1ccccc1OCC(=O)N1CCCC[C@H]1CCN1CCCCCC1. The van der Waals surface area contributed by atoms with Gasteiger partial charge in [0.15, 0.2) is 18.1 Å². The Balaban J connectivity index is 1.51. The van der Waals surface area contributed by atoms with Gasteiger partial charge < -0.3 is 19.3 Å². The third-order valence-corrected chi connectivity index (χ3v) is 5.84. The van der Waals surface area contributed by atoms with Gasteiger partial charge in [0.2, 0.25) is 0 Å². The molecule has 0 saturated carbocycles. The van der Waals surface area contributed by atoms with Crippen molar-refractivity contribution in [2.24, 2.45) is 0 Å². The normalized spacial score (nSPS) is 21.5. The minimum atomic E-state index is 0.0839. The molecule has 0 N–H and O–H groups in total. The van der Waals surface area contributed by atoms with E-state index < -0.39 is 0 Å². The smallest absolute Gasteiger partial charge is 0.260 e. The second kappa shape index (κ2) is 10.5. The molecule has 0 aromatic heterocycles. The molecule has 27 heavy (non-hydrogen) atoms. The predicted molar refractivity (Wildman–Crippen MR) is 107 cm³/mol. The van der Waals surface area contributed by atoms with Crippen LogP contribution in [0.25, 0.3) is 0 Å². The van der Waals surface area contributed by atoms with Gasteiger partial charge in [0.25, 0.3) is 5.91 Å². The van der Waals surface area contributed by atoms with Gasteiger partial charge in [-0.15, -0.1) is 0 Å². The molecule has 2 fully saturated rings. The van der Waals surface area contributed by atoms with E-state index in [-0.39, 0.29) is 12.5 Å². The summed E-state index contributed by atoms with van der Waals surface area (Å²) in [6.45, 7) is 4.50. The van der Waals surface area contributed by atoms with Crippen LogP contribution in [0.3, 0.4) is 0 Å². The molecule has 1 aromatic carbocycles. The van der Waals surface area contributed by atoms with Crippen molar-refractivity contribution in [1.82, 2.24) is 9.80 Å². The van der Waals surface area contributed by atoms with Gasteiger partial charge >= 0.3 is 0 Å². The van der Waals surface area contributed by atoms with Gasteiger partial charge in [-0.05, 0) is 63.7 Å². The van der Waals surface area contributed by atoms with Crippen molar-refractivity contribution in [3.63, 3.8) is 0 Å². The van der Waals surface area contributed by atoms with Gasteiger partial charge in [-0.25, -0.2) is 0 Å². The Kier molecular flexibility index (Phi) is 7.81. The van der Waals surface area contributed by atoms with E-state index in [4.69, 9.17) is 9.47 Å². The lowest BCUT2D eigenvalue weighted by molar-refractivity contribution is -0.137. The molecule has 5 nitrogen and oxygen atoms in total. The zero-order chi connectivity index (χ0) is 18.9. The molecule has 2 aliphatic rings. The number of piperidine rings is 1. The molecule has 0 spiro atoms. The fourth-order valence-electron chi connectivity index (χ4n) is 4.28. The molecule has 150 valence electrons. The molecular formula is C22H34N2O3. The molecule has 1 atom stereocenters. The van der Waals surface area contributed by atoms with Crippen LogP contribution in [0.15, 0.2) is 24.3 Å². The summed E-state index contributed by atoms with van der Waals surface area (Å²) in [4.78, 5) is 17.5. The molecule has 2 aliphatic heterocycles. The monoisotopic (exact) mass is 374 g/mol. The minimum absolute atomic E-state index is 0.0839. The zero-order valence-corrected chi connectivity index (χ0v) is 16.7. The number of carbonyl (C=O) groups excluding carboxylic acids is 1. The standard InChI is InChI=1S/C22H34N2O3/c1-26-20-11-4-5-12-21(20)27-18-22(25)24-16-9-6-10-19(24)13-17-23-14-7-2-3-8-15-23/h4-5,11-12,19H,2-3,6-10,13-18H2,1H3/t19-/m0/s1. The summed E-state index contributed by atoms with van der Waals surface area (Å²) < 4.78 is 11.1. The average molecular weight is 375 g/mol. The van der Waals surface area contributed by atoms with Crippen LogP contribution in [0.5, 0.6) is 11.5 Å². The van der Waals surface area contributed by atoms with Crippen molar-refractivity contribution >= 4 is 5.91 Å². The Morgan fingerprint density at radius 1 is 1.00 bits per heavy atom. The van der Waals surface area contributed by atoms with E-state index in [9.17, 15) is 4.79 Å². The van der Waals surface area contributed by atoms with Gasteiger partial charge in [-0.2, -0.15) is 0 Å². The first-order valence-corrected chi connectivity index (χ1v) is 10.6. The molecule has 5 heteroatoms. The molecule has 0 radical (unpaired) electrons. The van der Waals surface area contributed by atoms with Crippen LogP contribution in [0.2, 0.25) is 0 Å². The maximum Gasteiger partial charge on any atom is 0.260 e. The number of nitrogens with zero attached hydrogens (tertiary/aromatic N) is 2. The van der Waals surface area contributed by atoms with Crippen LogP contribution < -0.4 is 9.47 Å². The number of methoxy groups -OCH3 is 1. The molecule has 0 bridgehead atoms. The van der Waals surface area contributed by atoms with Crippen molar-refractivity contribution in [1.29, 1.82) is 0 Å². The number of para-hydroxylation sites is 2. The Labute approximate surface area is 163 Å². The highest BCUT2D eigenvalue weighted by Gasteiger charge is 2.27. The lowest BCUT2D eigenvalue weighted by Gasteiger charge is -2.37. The zero-order valence-electron chi connectivity index (χ0n) is 16.7. The van der Waals surface area contributed by atoms with Crippen LogP contribution in [-0.4, -0.2) is 61.6 Å². The number of benzene rings is 1. The highest BCUT2D eigenvalue weighted by molar-refractivity contribution is 5.78. The summed E-state index contributed by atoms with van der Waals surface area (Å²) in [6.07, 6.45) is 9.90. The molecule has 2 heterocycles. The van der Waals surface area contributed by atoms with E-state index in [0.29, 0.717) is 17.5 Å². The molecule has 3 rings (SSSR count). The Hall–Kier alpha value is -1.75. The summed E-state index contributed by atoms with van der Waals surface area (Å²) in [7, 11) is 1.62. The average Bonchev–Trinajstić information content (AvgIpc) is 2.99. The van der Waals surface area contributed by atoms with E-state index in [1.807, 2.05) is 24.3 Å². The fourth-order valence-corrected chi connectivity index (χ4v) is 4.28. The summed E-state index contributed by atoms with van der Waals surface area (Å²) >= 11 is 0. The third kappa shape index (κ3) is 5.86. The van der Waals surface area contributed by atoms with E-state index in [2.05, 4.69) is 9.80 Å². The number of rotatable bonds is 7.